The molecule has 0 saturated heterocycles. The van der Waals surface area contributed by atoms with E-state index in [9.17, 15) is 5.11 Å². The molecule has 3 nitrogen and oxygen atoms in total. The van der Waals surface area contributed by atoms with Gasteiger partial charge < -0.3 is 10.0 Å². The number of hydrogen-bond donors (Lipinski definition) is 1. The summed E-state index contributed by atoms with van der Waals surface area (Å²) in [6.07, 6.45) is 5.13. The average molecular weight is 248 g/mol. The Labute approximate surface area is 110 Å². The number of pyridine rings is 1. The molecule has 0 radical (unpaired) electrons. The average Bonchev–Trinajstić information content (AvgIpc) is 3.14. The van der Waals surface area contributed by atoms with Gasteiger partial charge in [-0.2, -0.15) is 0 Å². The summed E-state index contributed by atoms with van der Waals surface area (Å²) in [5.41, 5.74) is 0.954. The summed E-state index contributed by atoms with van der Waals surface area (Å²) in [6, 6.07) is 4.59. The van der Waals surface area contributed by atoms with Gasteiger partial charge in [-0.3, -0.25) is 0 Å². The van der Waals surface area contributed by atoms with Gasteiger partial charge in [0.15, 0.2) is 0 Å². The lowest BCUT2D eigenvalue weighted by atomic mass is 10.1. The molecule has 2 rings (SSSR count). The van der Waals surface area contributed by atoms with Crippen molar-refractivity contribution in [3.8, 4) is 0 Å². The Morgan fingerprint density at radius 2 is 2.11 bits per heavy atom. The monoisotopic (exact) mass is 248 g/mol. The fourth-order valence-electron chi connectivity index (χ4n) is 2.12. The van der Waals surface area contributed by atoms with E-state index >= 15 is 0 Å². The van der Waals surface area contributed by atoms with E-state index in [-0.39, 0.29) is 0 Å². The molecule has 1 aliphatic carbocycles. The predicted molar refractivity (Wildman–Crippen MR) is 74.7 cm³/mol. The van der Waals surface area contributed by atoms with Crippen molar-refractivity contribution in [2.24, 2.45) is 5.92 Å². The Morgan fingerprint density at radius 1 is 1.39 bits per heavy atom. The maximum Gasteiger partial charge on any atom is 0.129 e. The van der Waals surface area contributed by atoms with Crippen LogP contribution in [0.2, 0.25) is 0 Å². The molecule has 1 aromatic heterocycles. The van der Waals surface area contributed by atoms with Gasteiger partial charge in [-0.15, -0.1) is 0 Å². The molecule has 3 heteroatoms. The van der Waals surface area contributed by atoms with Crippen LogP contribution >= 0.6 is 0 Å². The largest absolute Gasteiger partial charge is 0.389 e. The van der Waals surface area contributed by atoms with Crippen molar-refractivity contribution >= 4 is 5.82 Å². The first kappa shape index (κ1) is 13.3. The molecule has 0 aromatic carbocycles. The third kappa shape index (κ3) is 3.45. The number of rotatable bonds is 6. The van der Waals surface area contributed by atoms with Crippen LogP contribution < -0.4 is 4.90 Å². The maximum atomic E-state index is 9.66. The van der Waals surface area contributed by atoms with Crippen LogP contribution in [0.3, 0.4) is 0 Å². The van der Waals surface area contributed by atoms with E-state index in [2.05, 4.69) is 23.7 Å². The molecule has 1 saturated carbocycles. The molecule has 0 aliphatic heterocycles. The number of aliphatic hydroxyl groups excluding tert-OH is 1. The molecule has 0 bridgehead atoms. The van der Waals surface area contributed by atoms with E-state index in [1.54, 1.807) is 6.92 Å². The zero-order valence-electron chi connectivity index (χ0n) is 11.6. The SMILES string of the molecule is CC(C)CCN(c1cc([C@@H](C)O)ccn1)C1CC1. The fourth-order valence-corrected chi connectivity index (χ4v) is 2.12. The van der Waals surface area contributed by atoms with Gasteiger partial charge in [-0.05, 0) is 49.8 Å². The van der Waals surface area contributed by atoms with Gasteiger partial charge in [0.2, 0.25) is 0 Å². The topological polar surface area (TPSA) is 36.4 Å². The van der Waals surface area contributed by atoms with Gasteiger partial charge >= 0.3 is 0 Å². The Morgan fingerprint density at radius 3 is 2.67 bits per heavy atom. The van der Waals surface area contributed by atoms with Gasteiger partial charge in [0.25, 0.3) is 0 Å². The summed E-state index contributed by atoms with van der Waals surface area (Å²) in [6.45, 7) is 7.38. The Hall–Kier alpha value is -1.09. The Kier molecular flexibility index (Phi) is 4.23. The van der Waals surface area contributed by atoms with E-state index in [0.717, 1.165) is 17.9 Å². The lowest BCUT2D eigenvalue weighted by molar-refractivity contribution is 0.199. The second kappa shape index (κ2) is 5.70. The molecule has 1 fully saturated rings. The molecule has 1 aliphatic rings. The minimum Gasteiger partial charge on any atom is -0.389 e. The quantitative estimate of drug-likeness (QED) is 0.840. The lowest BCUT2D eigenvalue weighted by Crippen LogP contribution is -2.28. The molecule has 1 aromatic rings. The second-order valence-electron chi connectivity index (χ2n) is 5.73. The molecule has 0 unspecified atom stereocenters. The highest BCUT2D eigenvalue weighted by Crippen LogP contribution is 2.32. The van der Waals surface area contributed by atoms with Gasteiger partial charge in [-0.25, -0.2) is 4.98 Å². The van der Waals surface area contributed by atoms with E-state index in [1.807, 2.05) is 18.3 Å². The van der Waals surface area contributed by atoms with E-state index in [4.69, 9.17) is 0 Å². The number of anilines is 1. The summed E-state index contributed by atoms with van der Waals surface area (Å²) in [5.74, 6) is 1.74. The summed E-state index contributed by atoms with van der Waals surface area (Å²) in [7, 11) is 0. The predicted octanol–water partition coefficient (Wildman–Crippen LogP) is 3.15. The van der Waals surface area contributed by atoms with Crippen LogP contribution in [0, 0.1) is 5.92 Å². The van der Waals surface area contributed by atoms with Crippen LogP contribution in [-0.4, -0.2) is 22.7 Å². The van der Waals surface area contributed by atoms with Crippen molar-refractivity contribution in [2.75, 3.05) is 11.4 Å². The molecule has 18 heavy (non-hydrogen) atoms. The molecule has 0 amide bonds. The van der Waals surface area contributed by atoms with Gasteiger partial charge in [0, 0.05) is 18.8 Å². The van der Waals surface area contributed by atoms with Crippen molar-refractivity contribution in [2.45, 2.75) is 52.2 Å². The molecule has 1 heterocycles. The molecule has 100 valence electrons. The van der Waals surface area contributed by atoms with Crippen molar-refractivity contribution in [1.29, 1.82) is 0 Å². The molecule has 0 spiro atoms. The first-order valence-electron chi connectivity index (χ1n) is 6.98. The van der Waals surface area contributed by atoms with Crippen molar-refractivity contribution in [3.63, 3.8) is 0 Å². The van der Waals surface area contributed by atoms with Crippen LogP contribution in [0.15, 0.2) is 18.3 Å². The van der Waals surface area contributed by atoms with Crippen LogP contribution in [0.4, 0.5) is 5.82 Å². The minimum absolute atomic E-state index is 0.419. The Bertz CT molecular complexity index is 386. The third-order valence-corrected chi connectivity index (χ3v) is 3.48. The van der Waals surface area contributed by atoms with Crippen LogP contribution in [-0.2, 0) is 0 Å². The summed E-state index contributed by atoms with van der Waals surface area (Å²) in [4.78, 5) is 6.88. The fraction of sp³-hybridized carbons (Fsp3) is 0.667. The Balaban J connectivity index is 2.12. The summed E-state index contributed by atoms with van der Waals surface area (Å²) < 4.78 is 0. The first-order chi connectivity index (χ1) is 8.58. The minimum atomic E-state index is -0.419. The second-order valence-corrected chi connectivity index (χ2v) is 5.73. The summed E-state index contributed by atoms with van der Waals surface area (Å²) in [5, 5.41) is 9.66. The van der Waals surface area contributed by atoms with E-state index < -0.39 is 6.10 Å². The number of aromatic nitrogens is 1. The zero-order valence-corrected chi connectivity index (χ0v) is 11.6. The smallest absolute Gasteiger partial charge is 0.129 e. The van der Waals surface area contributed by atoms with Crippen LogP contribution in [0.1, 0.15) is 51.7 Å². The van der Waals surface area contributed by atoms with Gasteiger partial charge in [-0.1, -0.05) is 13.8 Å². The molecular formula is C15H24N2O. The zero-order chi connectivity index (χ0) is 13.1. The number of hydrogen-bond acceptors (Lipinski definition) is 3. The third-order valence-electron chi connectivity index (χ3n) is 3.48. The van der Waals surface area contributed by atoms with E-state index in [0.29, 0.717) is 12.0 Å². The first-order valence-corrected chi connectivity index (χ1v) is 6.98. The highest BCUT2D eigenvalue weighted by atomic mass is 16.3. The number of nitrogens with zero attached hydrogens (tertiary/aromatic N) is 2. The maximum absolute atomic E-state index is 9.66. The van der Waals surface area contributed by atoms with Crippen molar-refractivity contribution < 1.29 is 5.11 Å². The van der Waals surface area contributed by atoms with Crippen molar-refractivity contribution in [3.05, 3.63) is 23.9 Å². The van der Waals surface area contributed by atoms with E-state index in [1.165, 1.54) is 19.3 Å². The van der Waals surface area contributed by atoms with Crippen molar-refractivity contribution in [1.82, 2.24) is 4.98 Å². The highest BCUT2D eigenvalue weighted by Gasteiger charge is 2.29. The van der Waals surface area contributed by atoms with Crippen LogP contribution in [0.25, 0.3) is 0 Å². The molecular weight excluding hydrogens is 224 g/mol. The summed E-state index contributed by atoms with van der Waals surface area (Å²) >= 11 is 0. The molecule has 1 N–H and O–H groups in total. The standard InChI is InChI=1S/C15H24N2O/c1-11(2)7-9-17(14-4-5-14)15-10-13(12(3)18)6-8-16-15/h6,8,10-12,14,18H,4-5,7,9H2,1-3H3/t12-/m1/s1. The highest BCUT2D eigenvalue weighted by molar-refractivity contribution is 5.44. The van der Waals surface area contributed by atoms with Gasteiger partial charge in [0.1, 0.15) is 5.82 Å². The van der Waals surface area contributed by atoms with Crippen LogP contribution in [0.5, 0.6) is 0 Å². The van der Waals surface area contributed by atoms with Gasteiger partial charge in [0.05, 0.1) is 6.10 Å². The molecule has 1 atom stereocenters. The normalized spacial score (nSPS) is 16.9. The lowest BCUT2D eigenvalue weighted by Gasteiger charge is -2.25. The number of aliphatic hydroxyl groups is 1.